The first-order valence-electron chi connectivity index (χ1n) is 5.73. The Balaban J connectivity index is 2.83. The van der Waals surface area contributed by atoms with E-state index < -0.39 is 5.54 Å². The van der Waals surface area contributed by atoms with Crippen molar-refractivity contribution < 1.29 is 4.79 Å². The number of hydrogen-bond donors (Lipinski definition) is 1. The van der Waals surface area contributed by atoms with Crippen LogP contribution in [0.5, 0.6) is 0 Å². The Morgan fingerprint density at radius 1 is 1.33 bits per heavy atom. The van der Waals surface area contributed by atoms with E-state index in [4.69, 9.17) is 0 Å². The minimum absolute atomic E-state index is 0.00625. The van der Waals surface area contributed by atoms with Crippen molar-refractivity contribution in [3.8, 4) is 0 Å². The predicted octanol–water partition coefficient (Wildman–Crippen LogP) is 1.63. The third kappa shape index (κ3) is 2.94. The largest absolute Gasteiger partial charge is 0.339 e. The Morgan fingerprint density at radius 3 is 2.33 bits per heavy atom. The molecule has 1 fully saturated rings. The molecule has 0 bridgehead atoms. The first-order chi connectivity index (χ1) is 6.64. The molecular formula is C12H24N2O. The van der Waals surface area contributed by atoms with Gasteiger partial charge in [-0.1, -0.05) is 13.8 Å². The molecule has 88 valence electrons. The molecule has 1 aliphatic rings. The minimum atomic E-state index is -0.434. The number of nitrogens with zero attached hydrogens (tertiary/aromatic N) is 1. The van der Waals surface area contributed by atoms with Gasteiger partial charge in [0.25, 0.3) is 0 Å². The summed E-state index contributed by atoms with van der Waals surface area (Å²) in [6, 6.07) is 0. The van der Waals surface area contributed by atoms with Crippen LogP contribution in [0.2, 0.25) is 0 Å². The third-order valence-corrected chi connectivity index (χ3v) is 2.64. The van der Waals surface area contributed by atoms with E-state index in [0.29, 0.717) is 5.92 Å². The van der Waals surface area contributed by atoms with Gasteiger partial charge in [-0.05, 0) is 33.6 Å². The molecule has 0 saturated carbocycles. The van der Waals surface area contributed by atoms with Gasteiger partial charge in [-0.15, -0.1) is 0 Å². The fraction of sp³-hybridized carbons (Fsp3) is 0.917. The van der Waals surface area contributed by atoms with E-state index in [9.17, 15) is 4.79 Å². The standard InChI is InChI=1S/C12H24N2O/c1-9(2)7-14-8-11(3,4)13-12(5,6)10(14)15/h9,13H,7-8H2,1-6H3. The summed E-state index contributed by atoms with van der Waals surface area (Å²) in [6.07, 6.45) is 0. The lowest BCUT2D eigenvalue weighted by Gasteiger charge is -2.47. The average molecular weight is 212 g/mol. The topological polar surface area (TPSA) is 32.3 Å². The van der Waals surface area contributed by atoms with Gasteiger partial charge in [0.1, 0.15) is 0 Å². The normalized spacial score (nSPS) is 24.7. The van der Waals surface area contributed by atoms with Crippen molar-refractivity contribution in [3.05, 3.63) is 0 Å². The fourth-order valence-corrected chi connectivity index (χ4v) is 2.47. The van der Waals surface area contributed by atoms with Crippen LogP contribution in [0.1, 0.15) is 41.5 Å². The Hall–Kier alpha value is -0.570. The molecule has 1 rings (SSSR count). The number of rotatable bonds is 2. The first-order valence-corrected chi connectivity index (χ1v) is 5.73. The maximum atomic E-state index is 12.1. The lowest BCUT2D eigenvalue weighted by Crippen LogP contribution is -2.69. The molecule has 3 nitrogen and oxygen atoms in total. The Labute approximate surface area is 93.2 Å². The molecule has 0 atom stereocenters. The van der Waals surface area contributed by atoms with Gasteiger partial charge in [-0.25, -0.2) is 0 Å². The van der Waals surface area contributed by atoms with Crippen LogP contribution < -0.4 is 5.32 Å². The van der Waals surface area contributed by atoms with Gasteiger partial charge >= 0.3 is 0 Å². The molecule has 0 aromatic heterocycles. The molecule has 0 aromatic carbocycles. The predicted molar refractivity (Wildman–Crippen MR) is 62.7 cm³/mol. The SMILES string of the molecule is CC(C)CN1CC(C)(C)NC(C)(C)C1=O. The summed E-state index contributed by atoms with van der Waals surface area (Å²) >= 11 is 0. The van der Waals surface area contributed by atoms with Gasteiger partial charge in [0.15, 0.2) is 0 Å². The highest BCUT2D eigenvalue weighted by Gasteiger charge is 2.43. The monoisotopic (exact) mass is 212 g/mol. The van der Waals surface area contributed by atoms with Gasteiger partial charge in [0.05, 0.1) is 5.54 Å². The fourth-order valence-electron chi connectivity index (χ4n) is 2.47. The third-order valence-electron chi connectivity index (χ3n) is 2.64. The van der Waals surface area contributed by atoms with Crippen LogP contribution in [-0.2, 0) is 4.79 Å². The zero-order valence-electron chi connectivity index (χ0n) is 10.8. The summed E-state index contributed by atoms with van der Waals surface area (Å²) in [4.78, 5) is 14.1. The zero-order valence-corrected chi connectivity index (χ0v) is 10.8. The van der Waals surface area contributed by atoms with Crippen molar-refractivity contribution in [1.29, 1.82) is 0 Å². The molecule has 0 unspecified atom stereocenters. The summed E-state index contributed by atoms with van der Waals surface area (Å²) in [5.41, 5.74) is -0.428. The van der Waals surface area contributed by atoms with Crippen LogP contribution in [0, 0.1) is 5.92 Å². The Kier molecular flexibility index (Phi) is 3.15. The minimum Gasteiger partial charge on any atom is -0.339 e. The molecular weight excluding hydrogens is 188 g/mol. The Bertz CT molecular complexity index is 256. The molecule has 1 saturated heterocycles. The highest BCUT2D eigenvalue weighted by atomic mass is 16.2. The quantitative estimate of drug-likeness (QED) is 0.754. The lowest BCUT2D eigenvalue weighted by molar-refractivity contribution is -0.144. The van der Waals surface area contributed by atoms with Gasteiger partial charge in [0.2, 0.25) is 5.91 Å². The van der Waals surface area contributed by atoms with Crippen molar-refractivity contribution in [1.82, 2.24) is 10.2 Å². The molecule has 0 radical (unpaired) electrons. The van der Waals surface area contributed by atoms with E-state index in [0.717, 1.165) is 13.1 Å². The van der Waals surface area contributed by atoms with Crippen LogP contribution in [0.25, 0.3) is 0 Å². The Morgan fingerprint density at radius 2 is 1.87 bits per heavy atom. The second kappa shape index (κ2) is 3.78. The molecule has 1 aliphatic heterocycles. The van der Waals surface area contributed by atoms with Crippen molar-refractivity contribution in [2.75, 3.05) is 13.1 Å². The second-order valence-electron chi connectivity index (χ2n) is 6.21. The molecule has 3 heteroatoms. The van der Waals surface area contributed by atoms with Crippen molar-refractivity contribution in [2.24, 2.45) is 5.92 Å². The molecule has 0 aliphatic carbocycles. The highest BCUT2D eigenvalue weighted by molar-refractivity contribution is 5.86. The van der Waals surface area contributed by atoms with Crippen LogP contribution >= 0.6 is 0 Å². The van der Waals surface area contributed by atoms with Crippen LogP contribution in [0.4, 0.5) is 0 Å². The second-order valence-corrected chi connectivity index (χ2v) is 6.21. The summed E-state index contributed by atoms with van der Waals surface area (Å²) in [7, 11) is 0. The number of hydrogen-bond acceptors (Lipinski definition) is 2. The van der Waals surface area contributed by atoms with Crippen molar-refractivity contribution in [3.63, 3.8) is 0 Å². The van der Waals surface area contributed by atoms with Crippen LogP contribution in [0.3, 0.4) is 0 Å². The van der Waals surface area contributed by atoms with Crippen molar-refractivity contribution in [2.45, 2.75) is 52.6 Å². The number of carbonyl (C=O) groups excluding carboxylic acids is 1. The molecule has 0 spiro atoms. The average Bonchev–Trinajstić information content (AvgIpc) is 1.95. The summed E-state index contributed by atoms with van der Waals surface area (Å²) in [5.74, 6) is 0.745. The lowest BCUT2D eigenvalue weighted by atomic mass is 9.90. The van der Waals surface area contributed by atoms with E-state index in [-0.39, 0.29) is 11.4 Å². The molecule has 1 N–H and O–H groups in total. The van der Waals surface area contributed by atoms with Crippen LogP contribution in [-0.4, -0.2) is 35.0 Å². The molecule has 1 amide bonds. The number of amides is 1. The molecule has 0 aromatic rings. The summed E-state index contributed by atoms with van der Waals surface area (Å²) in [5, 5.41) is 3.39. The maximum Gasteiger partial charge on any atom is 0.242 e. The molecule has 15 heavy (non-hydrogen) atoms. The highest BCUT2D eigenvalue weighted by Crippen LogP contribution is 2.22. The number of nitrogens with one attached hydrogen (secondary N) is 1. The van der Waals surface area contributed by atoms with Gasteiger partial charge in [-0.3, -0.25) is 10.1 Å². The summed E-state index contributed by atoms with van der Waals surface area (Å²) < 4.78 is 0. The zero-order chi connectivity index (χ0) is 11.9. The smallest absolute Gasteiger partial charge is 0.242 e. The van der Waals surface area contributed by atoms with E-state index in [1.807, 2.05) is 18.7 Å². The number of carbonyl (C=O) groups is 1. The van der Waals surface area contributed by atoms with Crippen LogP contribution in [0.15, 0.2) is 0 Å². The molecule has 1 heterocycles. The van der Waals surface area contributed by atoms with Gasteiger partial charge in [0, 0.05) is 18.6 Å². The van der Waals surface area contributed by atoms with Gasteiger partial charge in [-0.2, -0.15) is 0 Å². The van der Waals surface area contributed by atoms with Gasteiger partial charge < -0.3 is 4.90 Å². The first kappa shape index (κ1) is 12.5. The van der Waals surface area contributed by atoms with E-state index in [1.165, 1.54) is 0 Å². The van der Waals surface area contributed by atoms with E-state index in [2.05, 4.69) is 33.0 Å². The van der Waals surface area contributed by atoms with E-state index >= 15 is 0 Å². The van der Waals surface area contributed by atoms with E-state index in [1.54, 1.807) is 0 Å². The van der Waals surface area contributed by atoms with Crippen molar-refractivity contribution >= 4 is 5.91 Å². The number of piperazine rings is 1. The maximum absolute atomic E-state index is 12.1. The summed E-state index contributed by atoms with van der Waals surface area (Å²) in [6.45, 7) is 14.2.